The smallest absolute Gasteiger partial charge is 0.244 e. The lowest BCUT2D eigenvalue weighted by Gasteiger charge is -2.25. The van der Waals surface area contributed by atoms with Gasteiger partial charge in [0.05, 0.1) is 18.8 Å². The summed E-state index contributed by atoms with van der Waals surface area (Å²) in [7, 11) is 0. The van der Waals surface area contributed by atoms with Gasteiger partial charge < -0.3 is 14.8 Å². The van der Waals surface area contributed by atoms with Crippen molar-refractivity contribution in [3.63, 3.8) is 0 Å². The Hall–Kier alpha value is -3.37. The SMILES string of the molecule is CC(C)(COCc1ccccc1)NC(=O)/C=C/c1ccc(OCc2ccccc2)cc1. The zero-order valence-electron chi connectivity index (χ0n) is 18.1. The molecule has 0 aliphatic carbocycles. The molecule has 0 saturated heterocycles. The van der Waals surface area contributed by atoms with Crippen LogP contribution in [-0.4, -0.2) is 18.1 Å². The van der Waals surface area contributed by atoms with Crippen molar-refractivity contribution < 1.29 is 14.3 Å². The van der Waals surface area contributed by atoms with Gasteiger partial charge in [-0.3, -0.25) is 4.79 Å². The van der Waals surface area contributed by atoms with Gasteiger partial charge in [0.25, 0.3) is 0 Å². The van der Waals surface area contributed by atoms with Crippen molar-refractivity contribution in [2.24, 2.45) is 0 Å². The van der Waals surface area contributed by atoms with E-state index >= 15 is 0 Å². The molecule has 4 heteroatoms. The molecule has 0 aromatic heterocycles. The van der Waals surface area contributed by atoms with Crippen LogP contribution in [0, 0.1) is 0 Å². The summed E-state index contributed by atoms with van der Waals surface area (Å²) in [6.07, 6.45) is 3.33. The topological polar surface area (TPSA) is 47.6 Å². The Morgan fingerprint density at radius 2 is 1.42 bits per heavy atom. The predicted molar refractivity (Wildman–Crippen MR) is 125 cm³/mol. The van der Waals surface area contributed by atoms with Crippen LogP contribution in [0.15, 0.2) is 91.0 Å². The van der Waals surface area contributed by atoms with Crippen molar-refractivity contribution in [2.45, 2.75) is 32.6 Å². The second-order valence-corrected chi connectivity index (χ2v) is 8.03. The van der Waals surface area contributed by atoms with Gasteiger partial charge >= 0.3 is 0 Å². The molecule has 4 nitrogen and oxygen atoms in total. The molecule has 3 aromatic carbocycles. The Morgan fingerprint density at radius 1 is 0.839 bits per heavy atom. The van der Waals surface area contributed by atoms with E-state index < -0.39 is 5.54 Å². The Kier molecular flexibility index (Phi) is 8.02. The fourth-order valence-corrected chi connectivity index (χ4v) is 3.00. The molecule has 3 aromatic rings. The molecule has 0 saturated carbocycles. The Balaban J connectivity index is 1.43. The van der Waals surface area contributed by atoms with Gasteiger partial charge in [-0.15, -0.1) is 0 Å². The first-order valence-electron chi connectivity index (χ1n) is 10.4. The molecule has 3 rings (SSSR count). The summed E-state index contributed by atoms with van der Waals surface area (Å²) in [6, 6.07) is 27.7. The molecule has 0 heterocycles. The third-order valence-corrected chi connectivity index (χ3v) is 4.59. The highest BCUT2D eigenvalue weighted by molar-refractivity contribution is 5.92. The summed E-state index contributed by atoms with van der Waals surface area (Å²) >= 11 is 0. The van der Waals surface area contributed by atoms with E-state index in [0.717, 1.165) is 22.4 Å². The molecule has 0 radical (unpaired) electrons. The highest BCUT2D eigenvalue weighted by Gasteiger charge is 2.19. The molecule has 0 fully saturated rings. The van der Waals surface area contributed by atoms with Crippen LogP contribution in [0.1, 0.15) is 30.5 Å². The lowest BCUT2D eigenvalue weighted by atomic mass is 10.1. The molecular weight excluding hydrogens is 386 g/mol. The first kappa shape index (κ1) is 22.3. The van der Waals surface area contributed by atoms with Crippen LogP contribution < -0.4 is 10.1 Å². The second kappa shape index (κ2) is 11.1. The van der Waals surface area contributed by atoms with Gasteiger partial charge in [-0.05, 0) is 48.7 Å². The Labute approximate surface area is 184 Å². The lowest BCUT2D eigenvalue weighted by molar-refractivity contribution is -0.118. The quantitative estimate of drug-likeness (QED) is 0.452. The lowest BCUT2D eigenvalue weighted by Crippen LogP contribution is -2.46. The van der Waals surface area contributed by atoms with E-state index in [4.69, 9.17) is 9.47 Å². The number of nitrogens with one attached hydrogen (secondary N) is 1. The highest BCUT2D eigenvalue weighted by atomic mass is 16.5. The first-order chi connectivity index (χ1) is 15.0. The molecule has 0 aliphatic heterocycles. The van der Waals surface area contributed by atoms with Crippen LogP contribution in [-0.2, 0) is 22.7 Å². The van der Waals surface area contributed by atoms with Crippen LogP contribution in [0.2, 0.25) is 0 Å². The number of carbonyl (C=O) groups is 1. The molecule has 160 valence electrons. The minimum atomic E-state index is -0.467. The van der Waals surface area contributed by atoms with Crippen molar-refractivity contribution in [1.29, 1.82) is 0 Å². The molecule has 0 aliphatic rings. The second-order valence-electron chi connectivity index (χ2n) is 8.03. The molecule has 0 bridgehead atoms. The monoisotopic (exact) mass is 415 g/mol. The third kappa shape index (κ3) is 8.11. The van der Waals surface area contributed by atoms with E-state index in [2.05, 4.69) is 5.32 Å². The van der Waals surface area contributed by atoms with E-state index in [1.807, 2.05) is 98.8 Å². The molecular formula is C27H29NO3. The summed E-state index contributed by atoms with van der Waals surface area (Å²) in [6.45, 7) is 5.37. The van der Waals surface area contributed by atoms with Crippen LogP contribution >= 0.6 is 0 Å². The minimum absolute atomic E-state index is 0.155. The maximum Gasteiger partial charge on any atom is 0.244 e. The van der Waals surface area contributed by atoms with E-state index in [-0.39, 0.29) is 5.91 Å². The molecule has 31 heavy (non-hydrogen) atoms. The van der Waals surface area contributed by atoms with Gasteiger partial charge in [0, 0.05) is 6.08 Å². The van der Waals surface area contributed by atoms with Crippen LogP contribution in [0.3, 0.4) is 0 Å². The number of ether oxygens (including phenoxy) is 2. The number of hydrogen-bond donors (Lipinski definition) is 1. The summed E-state index contributed by atoms with van der Waals surface area (Å²) < 4.78 is 11.6. The zero-order chi connectivity index (χ0) is 21.9. The number of rotatable bonds is 10. The molecule has 1 N–H and O–H groups in total. The highest BCUT2D eigenvalue weighted by Crippen LogP contribution is 2.15. The van der Waals surface area contributed by atoms with Crippen molar-refractivity contribution in [2.75, 3.05) is 6.61 Å². The van der Waals surface area contributed by atoms with E-state index in [1.165, 1.54) is 0 Å². The standard InChI is InChI=1S/C27H29NO3/c1-27(2,21-30-19-23-9-5-3-6-10-23)28-26(29)18-15-22-13-16-25(17-14-22)31-20-24-11-7-4-8-12-24/h3-18H,19-21H2,1-2H3,(H,28,29)/b18-15+. The van der Waals surface area contributed by atoms with E-state index in [9.17, 15) is 4.79 Å². The van der Waals surface area contributed by atoms with Gasteiger partial charge in [-0.25, -0.2) is 0 Å². The van der Waals surface area contributed by atoms with Crippen molar-refractivity contribution in [3.8, 4) is 5.75 Å². The normalized spacial score (nSPS) is 11.4. The molecule has 0 atom stereocenters. The summed E-state index contributed by atoms with van der Waals surface area (Å²) in [5, 5.41) is 2.99. The van der Waals surface area contributed by atoms with Gasteiger partial charge in [0.1, 0.15) is 12.4 Å². The van der Waals surface area contributed by atoms with E-state index in [0.29, 0.717) is 19.8 Å². The number of carbonyl (C=O) groups excluding carboxylic acids is 1. The van der Waals surface area contributed by atoms with Gasteiger partial charge in [0.2, 0.25) is 5.91 Å². The maximum atomic E-state index is 12.3. The average molecular weight is 416 g/mol. The van der Waals surface area contributed by atoms with Crippen LogP contribution in [0.25, 0.3) is 6.08 Å². The fraction of sp³-hybridized carbons (Fsp3) is 0.222. The molecule has 1 amide bonds. The van der Waals surface area contributed by atoms with Crippen molar-refractivity contribution >= 4 is 12.0 Å². The number of benzene rings is 3. The molecule has 0 spiro atoms. The van der Waals surface area contributed by atoms with Gasteiger partial charge in [-0.1, -0.05) is 72.8 Å². The van der Waals surface area contributed by atoms with Crippen LogP contribution in [0.4, 0.5) is 0 Å². The first-order valence-corrected chi connectivity index (χ1v) is 10.4. The summed E-state index contributed by atoms with van der Waals surface area (Å²) in [4.78, 5) is 12.3. The zero-order valence-corrected chi connectivity index (χ0v) is 18.1. The minimum Gasteiger partial charge on any atom is -0.489 e. The third-order valence-electron chi connectivity index (χ3n) is 4.59. The van der Waals surface area contributed by atoms with E-state index in [1.54, 1.807) is 12.2 Å². The van der Waals surface area contributed by atoms with Gasteiger partial charge in [-0.2, -0.15) is 0 Å². The largest absolute Gasteiger partial charge is 0.489 e. The number of hydrogen-bond acceptors (Lipinski definition) is 3. The van der Waals surface area contributed by atoms with Crippen molar-refractivity contribution in [1.82, 2.24) is 5.32 Å². The summed E-state index contributed by atoms with van der Waals surface area (Å²) in [5.41, 5.74) is 2.70. The van der Waals surface area contributed by atoms with Gasteiger partial charge in [0.15, 0.2) is 0 Å². The van der Waals surface area contributed by atoms with Crippen molar-refractivity contribution in [3.05, 3.63) is 108 Å². The predicted octanol–water partition coefficient (Wildman–Crippen LogP) is 5.39. The Bertz CT molecular complexity index is 964. The summed E-state index contributed by atoms with van der Waals surface area (Å²) in [5.74, 6) is 0.639. The average Bonchev–Trinajstić information content (AvgIpc) is 2.78. The Morgan fingerprint density at radius 3 is 2.03 bits per heavy atom. The van der Waals surface area contributed by atoms with Crippen LogP contribution in [0.5, 0.6) is 5.75 Å². The fourth-order valence-electron chi connectivity index (χ4n) is 3.00. The number of amides is 1. The molecule has 0 unspecified atom stereocenters. The maximum absolute atomic E-state index is 12.3.